The topological polar surface area (TPSA) is 0 Å². The van der Waals surface area contributed by atoms with Gasteiger partial charge in [0.1, 0.15) is 0 Å². The van der Waals surface area contributed by atoms with Crippen LogP contribution in [-0.4, -0.2) is 39.1 Å². The Morgan fingerprint density at radius 2 is 1.89 bits per heavy atom. The van der Waals surface area contributed by atoms with E-state index in [1.165, 1.54) is 6.04 Å². The Morgan fingerprint density at radius 1 is 1.33 bits per heavy atom. The van der Waals surface area contributed by atoms with Gasteiger partial charge < -0.3 is 0 Å². The van der Waals surface area contributed by atoms with Crippen molar-refractivity contribution in [1.82, 2.24) is 0 Å². The van der Waals surface area contributed by atoms with Gasteiger partial charge in [0.25, 0.3) is 0 Å². The van der Waals surface area contributed by atoms with E-state index in [1.54, 1.807) is 0 Å². The average Bonchev–Trinajstić information content (AvgIpc) is 2.19. The summed E-state index contributed by atoms with van der Waals surface area (Å²) in [6.45, 7) is 2.28. The Kier molecular flexibility index (Phi) is 5.90. The maximum Gasteiger partial charge on any atom is 0.0324 e. The minimum atomic E-state index is 0. The predicted molar refractivity (Wildman–Crippen MR) is 46.8 cm³/mol. The second-order valence-electron chi connectivity index (χ2n) is 2.22. The van der Waals surface area contributed by atoms with Gasteiger partial charge in [0.15, 0.2) is 0 Å². The van der Waals surface area contributed by atoms with E-state index in [9.17, 15) is 0 Å². The van der Waals surface area contributed by atoms with Crippen LogP contribution in [0.25, 0.3) is 0 Å². The molecule has 0 aromatic heterocycles. The van der Waals surface area contributed by atoms with Crippen molar-refractivity contribution in [3.8, 4) is 0 Å². The monoisotopic (exact) mass is 147 g/mol. The van der Waals surface area contributed by atoms with Crippen LogP contribution in [0, 0.1) is 0 Å². The summed E-state index contributed by atoms with van der Waals surface area (Å²) in [5.74, 6) is 0. The van der Waals surface area contributed by atoms with Crippen LogP contribution in [0.1, 0.15) is 6.92 Å². The molecule has 0 saturated carbocycles. The fraction of sp³-hybridized carbons (Fsp3) is 0.429. The molecule has 1 aliphatic carbocycles. The van der Waals surface area contributed by atoms with Crippen molar-refractivity contribution < 1.29 is 0 Å². The van der Waals surface area contributed by atoms with Crippen molar-refractivity contribution in [2.24, 2.45) is 0 Å². The molecule has 1 aliphatic rings. The average molecular weight is 147 g/mol. The first-order valence-electron chi connectivity index (χ1n) is 3.28. The maximum absolute atomic E-state index is 2.32. The zero-order valence-corrected chi connectivity index (χ0v) is 9.72. The third kappa shape index (κ3) is 3.41. The molecule has 0 N–H and O–H groups in total. The van der Waals surface area contributed by atoms with E-state index in [2.05, 4.69) is 31.2 Å². The Hall–Kier alpha value is 0.697. The van der Waals surface area contributed by atoms with Crippen LogP contribution in [0.3, 0.4) is 0 Å². The van der Waals surface area contributed by atoms with Crippen molar-refractivity contribution in [2.75, 3.05) is 0 Å². The Balaban J connectivity index is 0.000000640. The van der Waals surface area contributed by atoms with Crippen LogP contribution in [0.2, 0.25) is 11.6 Å². The summed E-state index contributed by atoms with van der Waals surface area (Å²) in [7, 11) is 0.225. The summed E-state index contributed by atoms with van der Waals surface area (Å²) in [5.41, 5.74) is 0.889. The summed E-state index contributed by atoms with van der Waals surface area (Å²) < 4.78 is 0. The van der Waals surface area contributed by atoms with Crippen LogP contribution < -0.4 is 0 Å². The summed E-state index contributed by atoms with van der Waals surface area (Å²) in [5, 5.41) is 0. The minimum absolute atomic E-state index is 0. The van der Waals surface area contributed by atoms with Gasteiger partial charge in [-0.15, -0.1) is 0 Å². The largest absolute Gasteiger partial charge is 0.0810 e. The van der Waals surface area contributed by atoms with Gasteiger partial charge in [0.2, 0.25) is 0 Å². The summed E-state index contributed by atoms with van der Waals surface area (Å²) in [4.78, 5) is 0. The molecule has 2 heteroatoms. The normalized spacial score (nSPS) is 17.4. The van der Waals surface area contributed by atoms with Crippen LogP contribution in [-0.2, 0) is 0 Å². The molecule has 0 fully saturated rings. The van der Waals surface area contributed by atoms with Gasteiger partial charge in [-0.1, -0.05) is 37.3 Å². The summed E-state index contributed by atoms with van der Waals surface area (Å²) >= 11 is 0. The molecule has 0 aromatic rings. The fourth-order valence-corrected chi connectivity index (χ4v) is 2.37. The van der Waals surface area contributed by atoms with Crippen molar-refractivity contribution in [3.63, 3.8) is 0 Å². The number of hydrogen-bond donors (Lipinski definition) is 0. The van der Waals surface area contributed by atoms with E-state index in [1.807, 2.05) is 0 Å². The third-order valence-corrected chi connectivity index (χ3v) is 3.24. The van der Waals surface area contributed by atoms with E-state index in [0.29, 0.717) is 0 Å². The molecular formula is C7H12NaSi. The van der Waals surface area contributed by atoms with Crippen molar-refractivity contribution in [3.05, 3.63) is 24.3 Å². The zero-order valence-electron chi connectivity index (χ0n) is 6.30. The Morgan fingerprint density at radius 3 is 2.33 bits per heavy atom. The molecule has 9 heavy (non-hydrogen) atoms. The number of rotatable bonds is 2. The predicted octanol–water partition coefficient (Wildman–Crippen LogP) is 1.13. The van der Waals surface area contributed by atoms with Gasteiger partial charge in [0.05, 0.1) is 0 Å². The molecule has 1 rings (SSSR count). The van der Waals surface area contributed by atoms with Gasteiger partial charge in [0, 0.05) is 39.1 Å². The van der Waals surface area contributed by atoms with E-state index < -0.39 is 0 Å². The van der Waals surface area contributed by atoms with E-state index in [0.717, 1.165) is 5.54 Å². The van der Waals surface area contributed by atoms with Crippen LogP contribution in [0.4, 0.5) is 0 Å². The molecule has 0 heterocycles. The molecule has 0 atom stereocenters. The molecule has 0 aromatic carbocycles. The molecule has 45 valence electrons. The van der Waals surface area contributed by atoms with Crippen molar-refractivity contribution >= 4 is 39.1 Å². The molecule has 0 nitrogen and oxygen atoms in total. The smallest absolute Gasteiger partial charge is 0.0324 e. The second kappa shape index (κ2) is 5.48. The molecule has 0 saturated heterocycles. The molecule has 0 bridgehead atoms. The third-order valence-electron chi connectivity index (χ3n) is 1.45. The van der Waals surface area contributed by atoms with Crippen molar-refractivity contribution in [2.45, 2.75) is 18.5 Å². The van der Waals surface area contributed by atoms with Crippen LogP contribution in [0.5, 0.6) is 0 Å². The van der Waals surface area contributed by atoms with Crippen LogP contribution in [0.15, 0.2) is 24.3 Å². The second-order valence-corrected chi connectivity index (χ2v) is 4.74. The van der Waals surface area contributed by atoms with Gasteiger partial charge in [-0.3, -0.25) is 0 Å². The van der Waals surface area contributed by atoms with Crippen molar-refractivity contribution in [1.29, 1.82) is 0 Å². The number of allylic oxidation sites excluding steroid dienone is 4. The van der Waals surface area contributed by atoms with E-state index >= 15 is 0 Å². The Labute approximate surface area is 81.5 Å². The SMILES string of the molecule is CC[SiH2]C1C=CC=C1.[Na]. The van der Waals surface area contributed by atoms with Gasteiger partial charge >= 0.3 is 0 Å². The van der Waals surface area contributed by atoms with Crippen LogP contribution >= 0.6 is 0 Å². The molecule has 1 radical (unpaired) electrons. The van der Waals surface area contributed by atoms with E-state index in [-0.39, 0.29) is 39.1 Å². The maximum atomic E-state index is 2.32. The Bertz CT molecular complexity index is 106. The standard InChI is InChI=1S/C7H12Si.Na/c1-2-8-7-5-3-4-6-7;/h3-7H,2,8H2,1H3;. The first-order valence-corrected chi connectivity index (χ1v) is 5.10. The quantitative estimate of drug-likeness (QED) is 0.514. The molecule has 0 amide bonds. The first kappa shape index (κ1) is 9.70. The van der Waals surface area contributed by atoms with Gasteiger partial charge in [-0.05, 0) is 5.54 Å². The molecule has 0 spiro atoms. The number of hydrogen-bond acceptors (Lipinski definition) is 0. The fourth-order valence-electron chi connectivity index (χ4n) is 1.00. The zero-order chi connectivity index (χ0) is 5.82. The molecule has 0 aliphatic heterocycles. The van der Waals surface area contributed by atoms with Gasteiger partial charge in [-0.25, -0.2) is 0 Å². The minimum Gasteiger partial charge on any atom is -0.0810 e. The summed E-state index contributed by atoms with van der Waals surface area (Å²) in [6, 6.07) is 1.43. The van der Waals surface area contributed by atoms with Gasteiger partial charge in [-0.2, -0.15) is 0 Å². The molecular weight excluding hydrogens is 135 g/mol. The molecule has 0 unspecified atom stereocenters. The first-order chi connectivity index (χ1) is 3.93. The summed E-state index contributed by atoms with van der Waals surface area (Å²) in [6.07, 6.45) is 8.95. The van der Waals surface area contributed by atoms with E-state index in [4.69, 9.17) is 0 Å².